The second-order valence-corrected chi connectivity index (χ2v) is 5.09. The molecule has 1 saturated heterocycles. The lowest BCUT2D eigenvalue weighted by atomic mass is 9.97. The van der Waals surface area contributed by atoms with Crippen LogP contribution in [0.3, 0.4) is 0 Å². The summed E-state index contributed by atoms with van der Waals surface area (Å²) in [6, 6.07) is 6.15. The van der Waals surface area contributed by atoms with Gasteiger partial charge in [-0.1, -0.05) is 12.1 Å². The molecule has 2 rings (SSSR count). The molecule has 0 radical (unpaired) electrons. The van der Waals surface area contributed by atoms with Crippen LogP contribution in [-0.2, 0) is 0 Å². The number of piperidine rings is 1. The van der Waals surface area contributed by atoms with Gasteiger partial charge in [-0.25, -0.2) is 0 Å². The van der Waals surface area contributed by atoms with Crippen molar-refractivity contribution in [1.82, 2.24) is 10.2 Å². The Labute approximate surface area is 130 Å². The van der Waals surface area contributed by atoms with Gasteiger partial charge in [0.25, 0.3) is 11.6 Å². The molecule has 1 fully saturated rings. The van der Waals surface area contributed by atoms with E-state index in [0.717, 1.165) is 19.4 Å². The maximum atomic E-state index is 12.5. The van der Waals surface area contributed by atoms with Gasteiger partial charge in [0, 0.05) is 19.2 Å². The lowest BCUT2D eigenvalue weighted by Crippen LogP contribution is -2.42. The van der Waals surface area contributed by atoms with Gasteiger partial charge >= 0.3 is 0 Å². The SMILES string of the molecule is CNCC1CCCN(C(=O)c2ccccc2[N+](=O)[O-])C1.Cl. The van der Waals surface area contributed by atoms with Gasteiger partial charge in [0.15, 0.2) is 0 Å². The van der Waals surface area contributed by atoms with E-state index in [0.29, 0.717) is 19.0 Å². The number of halogens is 1. The molecule has 1 N–H and O–H groups in total. The summed E-state index contributed by atoms with van der Waals surface area (Å²) in [5, 5.41) is 14.1. The number of benzene rings is 1. The van der Waals surface area contributed by atoms with E-state index in [1.165, 1.54) is 12.1 Å². The Morgan fingerprint density at radius 1 is 1.48 bits per heavy atom. The summed E-state index contributed by atoms with van der Waals surface area (Å²) >= 11 is 0. The molecule has 116 valence electrons. The van der Waals surface area contributed by atoms with Gasteiger partial charge in [0.05, 0.1) is 4.92 Å². The van der Waals surface area contributed by atoms with Crippen LogP contribution in [0.15, 0.2) is 24.3 Å². The first kappa shape index (κ1) is 17.4. The maximum absolute atomic E-state index is 12.5. The molecule has 1 unspecified atom stereocenters. The highest BCUT2D eigenvalue weighted by Crippen LogP contribution is 2.23. The zero-order valence-corrected chi connectivity index (χ0v) is 12.8. The molecule has 6 nitrogen and oxygen atoms in total. The Morgan fingerprint density at radius 2 is 2.19 bits per heavy atom. The van der Waals surface area contributed by atoms with Crippen molar-refractivity contribution >= 4 is 24.0 Å². The zero-order chi connectivity index (χ0) is 14.5. The molecule has 0 spiro atoms. The third-order valence-corrected chi connectivity index (χ3v) is 3.63. The molecule has 0 aromatic heterocycles. The first-order chi connectivity index (χ1) is 9.63. The second-order valence-electron chi connectivity index (χ2n) is 5.09. The second kappa shape index (κ2) is 7.95. The molecule has 1 amide bonds. The topological polar surface area (TPSA) is 75.5 Å². The number of nitrogens with zero attached hydrogens (tertiary/aromatic N) is 2. The average Bonchev–Trinajstić information content (AvgIpc) is 2.47. The van der Waals surface area contributed by atoms with E-state index in [2.05, 4.69) is 5.32 Å². The van der Waals surface area contributed by atoms with E-state index in [1.54, 1.807) is 17.0 Å². The standard InChI is InChI=1S/C14H19N3O3.ClH/c1-15-9-11-5-4-8-16(10-11)14(18)12-6-2-3-7-13(12)17(19)20;/h2-3,6-7,11,15H,4-5,8-10H2,1H3;1H. The van der Waals surface area contributed by atoms with Crippen LogP contribution in [0.1, 0.15) is 23.2 Å². The van der Waals surface area contributed by atoms with Crippen LogP contribution < -0.4 is 5.32 Å². The van der Waals surface area contributed by atoms with Crippen molar-refractivity contribution in [2.45, 2.75) is 12.8 Å². The summed E-state index contributed by atoms with van der Waals surface area (Å²) in [7, 11) is 1.89. The van der Waals surface area contributed by atoms with Crippen LogP contribution in [0.2, 0.25) is 0 Å². The Morgan fingerprint density at radius 3 is 2.86 bits per heavy atom. The molecular formula is C14H20ClN3O3. The van der Waals surface area contributed by atoms with E-state index in [9.17, 15) is 14.9 Å². The summed E-state index contributed by atoms with van der Waals surface area (Å²) in [5.74, 6) is 0.179. The third-order valence-electron chi connectivity index (χ3n) is 3.63. The number of hydrogen-bond acceptors (Lipinski definition) is 4. The van der Waals surface area contributed by atoms with Gasteiger partial charge in [-0.2, -0.15) is 0 Å². The molecular weight excluding hydrogens is 294 g/mol. The quantitative estimate of drug-likeness (QED) is 0.682. The van der Waals surface area contributed by atoms with E-state index in [-0.39, 0.29) is 29.6 Å². The van der Waals surface area contributed by atoms with Gasteiger partial charge in [-0.05, 0) is 38.4 Å². The van der Waals surface area contributed by atoms with Crippen molar-refractivity contribution in [3.05, 3.63) is 39.9 Å². The fourth-order valence-corrected chi connectivity index (χ4v) is 2.69. The summed E-state index contributed by atoms with van der Waals surface area (Å²) < 4.78 is 0. The molecule has 1 aromatic rings. The minimum atomic E-state index is -0.498. The van der Waals surface area contributed by atoms with Crippen molar-refractivity contribution in [3.63, 3.8) is 0 Å². The molecule has 1 atom stereocenters. The van der Waals surface area contributed by atoms with Crippen molar-refractivity contribution in [2.24, 2.45) is 5.92 Å². The van der Waals surface area contributed by atoms with Gasteiger partial charge in [0.2, 0.25) is 0 Å². The normalized spacial score (nSPS) is 18.0. The van der Waals surface area contributed by atoms with Gasteiger partial charge in [0.1, 0.15) is 5.56 Å². The van der Waals surface area contributed by atoms with Crippen LogP contribution in [0.25, 0.3) is 0 Å². The average molecular weight is 314 g/mol. The van der Waals surface area contributed by atoms with Crippen molar-refractivity contribution < 1.29 is 9.72 Å². The summed E-state index contributed by atoms with van der Waals surface area (Å²) in [4.78, 5) is 24.7. The molecule has 0 bridgehead atoms. The predicted molar refractivity (Wildman–Crippen MR) is 82.9 cm³/mol. The largest absolute Gasteiger partial charge is 0.338 e. The lowest BCUT2D eigenvalue weighted by molar-refractivity contribution is -0.385. The van der Waals surface area contributed by atoms with Crippen LogP contribution in [0, 0.1) is 16.0 Å². The van der Waals surface area contributed by atoms with Crippen LogP contribution >= 0.6 is 12.4 Å². The number of para-hydroxylation sites is 1. The number of amides is 1. The molecule has 1 aliphatic heterocycles. The van der Waals surface area contributed by atoms with Crippen LogP contribution in [-0.4, -0.2) is 42.4 Å². The minimum Gasteiger partial charge on any atom is -0.338 e. The molecule has 1 heterocycles. The maximum Gasteiger partial charge on any atom is 0.282 e. The molecule has 0 saturated carbocycles. The number of carbonyl (C=O) groups excluding carboxylic acids is 1. The van der Waals surface area contributed by atoms with E-state index < -0.39 is 4.92 Å². The van der Waals surface area contributed by atoms with Crippen molar-refractivity contribution in [2.75, 3.05) is 26.7 Å². The molecule has 21 heavy (non-hydrogen) atoms. The number of carbonyl (C=O) groups is 1. The van der Waals surface area contributed by atoms with Gasteiger partial charge in [-0.3, -0.25) is 14.9 Å². The van der Waals surface area contributed by atoms with E-state index in [1.807, 2.05) is 7.05 Å². The lowest BCUT2D eigenvalue weighted by Gasteiger charge is -2.32. The predicted octanol–water partition coefficient (Wildman–Crippen LogP) is 2.09. The zero-order valence-electron chi connectivity index (χ0n) is 11.9. The smallest absolute Gasteiger partial charge is 0.282 e. The number of nitrogens with one attached hydrogen (secondary N) is 1. The van der Waals surface area contributed by atoms with E-state index >= 15 is 0 Å². The van der Waals surface area contributed by atoms with Crippen molar-refractivity contribution in [3.8, 4) is 0 Å². The fourth-order valence-electron chi connectivity index (χ4n) is 2.69. The Balaban J connectivity index is 0.00000220. The molecule has 0 aliphatic carbocycles. The Bertz CT molecular complexity index is 508. The van der Waals surface area contributed by atoms with Crippen LogP contribution in [0.4, 0.5) is 5.69 Å². The third kappa shape index (κ3) is 4.15. The Kier molecular flexibility index (Phi) is 6.58. The van der Waals surface area contributed by atoms with Crippen molar-refractivity contribution in [1.29, 1.82) is 0 Å². The Hall–Kier alpha value is -1.66. The number of likely N-dealkylation sites (tertiary alicyclic amines) is 1. The van der Waals surface area contributed by atoms with Crippen LogP contribution in [0.5, 0.6) is 0 Å². The number of hydrogen-bond donors (Lipinski definition) is 1. The van der Waals surface area contributed by atoms with Gasteiger partial charge < -0.3 is 10.2 Å². The fraction of sp³-hybridized carbons (Fsp3) is 0.500. The summed E-state index contributed by atoms with van der Waals surface area (Å²) in [6.07, 6.45) is 2.03. The number of nitro benzene ring substituents is 1. The van der Waals surface area contributed by atoms with E-state index in [4.69, 9.17) is 0 Å². The first-order valence-electron chi connectivity index (χ1n) is 6.80. The molecule has 1 aliphatic rings. The highest BCUT2D eigenvalue weighted by atomic mass is 35.5. The molecule has 7 heteroatoms. The van der Waals surface area contributed by atoms with Gasteiger partial charge in [-0.15, -0.1) is 12.4 Å². The molecule has 1 aromatic carbocycles. The summed E-state index contributed by atoms with van der Waals surface area (Å²) in [6.45, 7) is 2.19. The monoisotopic (exact) mass is 313 g/mol. The number of nitro groups is 1. The highest BCUT2D eigenvalue weighted by molar-refractivity contribution is 5.98. The minimum absolute atomic E-state index is 0. The highest BCUT2D eigenvalue weighted by Gasteiger charge is 2.28. The number of rotatable bonds is 4. The summed E-state index contributed by atoms with van der Waals surface area (Å²) in [5.41, 5.74) is 0.0656. The first-order valence-corrected chi connectivity index (χ1v) is 6.80.